The second-order valence-electron chi connectivity index (χ2n) is 14.2. The number of nitrogens with two attached hydrogens (primary N) is 1. The number of halogens is 3. The Balaban J connectivity index is 1.25. The third-order valence-corrected chi connectivity index (χ3v) is 11.8. The van der Waals surface area contributed by atoms with Gasteiger partial charge in [0.05, 0.1) is 27.4 Å². The van der Waals surface area contributed by atoms with Crippen LogP contribution in [-0.4, -0.2) is 93.0 Å². The minimum atomic E-state index is -0.753. The van der Waals surface area contributed by atoms with E-state index in [4.69, 9.17) is 27.1 Å². The first kappa shape index (κ1) is 33.5. The van der Waals surface area contributed by atoms with Gasteiger partial charge >= 0.3 is 12.0 Å². The Labute approximate surface area is 301 Å². The number of nitrogens with zero attached hydrogens (tertiary/aromatic N) is 9. The summed E-state index contributed by atoms with van der Waals surface area (Å²) in [5, 5.41) is 14.7. The summed E-state index contributed by atoms with van der Waals surface area (Å²) in [6.07, 6.45) is 8.01. The lowest BCUT2D eigenvalue weighted by atomic mass is 9.86. The van der Waals surface area contributed by atoms with Crippen LogP contribution in [0, 0.1) is 28.4 Å². The zero-order valence-corrected chi connectivity index (χ0v) is 29.7. The summed E-state index contributed by atoms with van der Waals surface area (Å²) in [6, 6.07) is 6.07. The van der Waals surface area contributed by atoms with E-state index in [1.807, 2.05) is 25.1 Å². The van der Waals surface area contributed by atoms with Crippen LogP contribution in [0.3, 0.4) is 0 Å². The summed E-state index contributed by atoms with van der Waals surface area (Å²) in [6.45, 7) is 2.75. The number of nitriles is 1. The molecule has 1 saturated carbocycles. The van der Waals surface area contributed by atoms with E-state index >= 15 is 4.39 Å². The fourth-order valence-electron chi connectivity index (χ4n) is 7.92. The fourth-order valence-corrected chi connectivity index (χ4v) is 9.16. The van der Waals surface area contributed by atoms with E-state index in [9.17, 15) is 14.4 Å². The second kappa shape index (κ2) is 12.5. The Hall–Kier alpha value is -4.65. The monoisotopic (exact) mass is 732 g/mol. The van der Waals surface area contributed by atoms with Crippen LogP contribution < -0.4 is 15.4 Å². The fraction of sp³-hybridized carbons (Fsp3) is 0.429. The van der Waals surface area contributed by atoms with Crippen molar-refractivity contribution in [2.24, 2.45) is 5.41 Å². The number of anilines is 2. The van der Waals surface area contributed by atoms with Crippen LogP contribution in [0.1, 0.15) is 44.1 Å². The molecule has 8 rings (SSSR count). The average molecular weight is 733 g/mol. The van der Waals surface area contributed by atoms with Crippen molar-refractivity contribution in [3.63, 3.8) is 0 Å². The number of amides is 1. The summed E-state index contributed by atoms with van der Waals surface area (Å²) in [5.41, 5.74) is 5.80. The van der Waals surface area contributed by atoms with E-state index in [2.05, 4.69) is 24.9 Å². The number of fused-ring (bicyclic) bond motifs is 2. The van der Waals surface area contributed by atoms with Crippen molar-refractivity contribution in [3.05, 3.63) is 53.1 Å². The van der Waals surface area contributed by atoms with E-state index in [-0.39, 0.29) is 59.8 Å². The Morgan fingerprint density at radius 2 is 2.00 bits per heavy atom. The van der Waals surface area contributed by atoms with E-state index in [1.54, 1.807) is 6.07 Å². The maximum absolute atomic E-state index is 17.1. The van der Waals surface area contributed by atoms with Crippen LogP contribution in [0.5, 0.6) is 6.01 Å². The Morgan fingerprint density at radius 3 is 2.73 bits per heavy atom. The molecule has 264 valence electrons. The number of thiophene rings is 1. The average Bonchev–Trinajstić information content (AvgIpc) is 3.44. The number of aromatic nitrogens is 5. The highest BCUT2D eigenvalue weighted by atomic mass is 35.5. The van der Waals surface area contributed by atoms with Gasteiger partial charge in [0.25, 0.3) is 0 Å². The van der Waals surface area contributed by atoms with E-state index in [0.29, 0.717) is 43.9 Å². The van der Waals surface area contributed by atoms with Gasteiger partial charge in [-0.15, -0.1) is 11.3 Å². The number of likely N-dealkylation sites (tertiary alicyclic amines) is 1. The number of hydrogen-bond acceptors (Lipinski definition) is 11. The normalized spacial score (nSPS) is 19.8. The lowest BCUT2D eigenvalue weighted by Crippen LogP contribution is -2.57. The Bertz CT molecular complexity index is 2240. The molecule has 1 amide bonds. The first-order chi connectivity index (χ1) is 24.5. The number of ether oxygens (including phenoxy) is 1. The number of carbonyl (C=O) groups is 1. The maximum Gasteiger partial charge on any atom is 0.346 e. The van der Waals surface area contributed by atoms with Crippen LogP contribution in [0.15, 0.2) is 30.9 Å². The predicted molar refractivity (Wildman–Crippen MR) is 191 cm³/mol. The number of carbonyl (C=O) groups excluding carboxylic acids is 1. The molecule has 2 saturated heterocycles. The first-order valence-corrected chi connectivity index (χ1v) is 18.0. The molecule has 5 aromatic rings. The zero-order chi connectivity index (χ0) is 35.7. The molecule has 3 aliphatic rings. The minimum absolute atomic E-state index is 0.0221. The molecule has 1 aliphatic carbocycles. The van der Waals surface area contributed by atoms with Crippen LogP contribution in [0.2, 0.25) is 5.02 Å². The molecular formula is C35H35ClF2N10O2S. The number of nitrogen functional groups attached to an aromatic ring is 1. The van der Waals surface area contributed by atoms with Crippen LogP contribution in [0.4, 0.5) is 24.4 Å². The minimum Gasteiger partial charge on any atom is -0.463 e. The summed E-state index contributed by atoms with van der Waals surface area (Å²) < 4.78 is 39.8. The van der Waals surface area contributed by atoms with Crippen molar-refractivity contribution in [2.75, 3.05) is 57.5 Å². The van der Waals surface area contributed by atoms with Gasteiger partial charge in [-0.2, -0.15) is 25.0 Å². The molecule has 2 N–H and O–H groups in total. The molecule has 0 unspecified atom stereocenters. The summed E-state index contributed by atoms with van der Waals surface area (Å²) in [5.74, 6) is -0.882. The smallest absolute Gasteiger partial charge is 0.346 e. The van der Waals surface area contributed by atoms with Gasteiger partial charge in [0.15, 0.2) is 5.82 Å². The Kier molecular flexibility index (Phi) is 8.23. The number of rotatable bonds is 7. The zero-order valence-electron chi connectivity index (χ0n) is 28.1. The molecule has 2 aliphatic heterocycles. The Morgan fingerprint density at radius 1 is 1.18 bits per heavy atom. The van der Waals surface area contributed by atoms with Gasteiger partial charge in [-0.3, -0.25) is 0 Å². The van der Waals surface area contributed by atoms with E-state index in [0.717, 1.165) is 50.0 Å². The standard InChI is InChI=1S/C35H35ClF2N10O2S/c1-45(2)15-34(8-9-34)17-50-32-43-28-21(13-23(36)26(27(28)38)20-5-6-24(37)29-25(20)22(14-39)30(40)51-29)31(44-32)46-12-10-35(16-46)7-3-4-11-47(35)33(49)48-19-41-18-42-48/h5-6,13,18-19H,3-4,7-12,15-17,40H2,1-2H3/t35-/m1/s1. The second-order valence-corrected chi connectivity index (χ2v) is 15.6. The summed E-state index contributed by atoms with van der Waals surface area (Å²) in [7, 11) is 4.03. The molecule has 3 fully saturated rings. The molecular weight excluding hydrogens is 698 g/mol. The van der Waals surface area contributed by atoms with Crippen molar-refractivity contribution in [3.8, 4) is 23.2 Å². The number of benzene rings is 2. The van der Waals surface area contributed by atoms with Crippen molar-refractivity contribution < 1.29 is 18.3 Å². The SMILES string of the molecule is CN(C)CC1(COc2nc(N3CC[C@]4(CCCCN4C(=O)n4cncn4)C3)c3cc(Cl)c(-c4ccc(F)c5sc(N)c(C#N)c45)c(F)c3n2)CC1. The van der Waals surface area contributed by atoms with Gasteiger partial charge < -0.3 is 25.2 Å². The maximum atomic E-state index is 17.1. The van der Waals surface area contributed by atoms with Crippen molar-refractivity contribution in [2.45, 2.75) is 44.1 Å². The van der Waals surface area contributed by atoms with Gasteiger partial charge in [-0.1, -0.05) is 17.7 Å². The summed E-state index contributed by atoms with van der Waals surface area (Å²) in [4.78, 5) is 33.1. The van der Waals surface area contributed by atoms with Gasteiger partial charge in [-0.25, -0.2) is 18.6 Å². The molecule has 3 aromatic heterocycles. The molecule has 12 nitrogen and oxygen atoms in total. The predicted octanol–water partition coefficient (Wildman–Crippen LogP) is 6.31. The quantitative estimate of drug-likeness (QED) is 0.202. The molecule has 16 heteroatoms. The lowest BCUT2D eigenvalue weighted by Gasteiger charge is -2.44. The molecule has 1 atom stereocenters. The third-order valence-electron chi connectivity index (χ3n) is 10.5. The van der Waals surface area contributed by atoms with Crippen molar-refractivity contribution >= 4 is 60.8 Å². The first-order valence-electron chi connectivity index (χ1n) is 16.8. The van der Waals surface area contributed by atoms with Crippen LogP contribution >= 0.6 is 22.9 Å². The molecule has 2 aromatic carbocycles. The van der Waals surface area contributed by atoms with Crippen LogP contribution in [-0.2, 0) is 0 Å². The molecule has 0 bridgehead atoms. The van der Waals surface area contributed by atoms with Gasteiger partial charge in [0.2, 0.25) is 0 Å². The highest BCUT2D eigenvalue weighted by Gasteiger charge is 2.48. The number of hydrogen-bond donors (Lipinski definition) is 1. The largest absolute Gasteiger partial charge is 0.463 e. The van der Waals surface area contributed by atoms with E-state index < -0.39 is 17.2 Å². The topological polar surface area (TPSA) is 142 Å². The van der Waals surface area contributed by atoms with Crippen molar-refractivity contribution in [1.29, 1.82) is 5.26 Å². The molecule has 51 heavy (non-hydrogen) atoms. The highest BCUT2D eigenvalue weighted by molar-refractivity contribution is 7.23. The summed E-state index contributed by atoms with van der Waals surface area (Å²) >= 11 is 7.85. The van der Waals surface area contributed by atoms with Gasteiger partial charge in [0.1, 0.15) is 40.9 Å². The molecule has 1 spiro atoms. The van der Waals surface area contributed by atoms with Crippen LogP contribution in [0.25, 0.3) is 32.1 Å². The van der Waals surface area contributed by atoms with E-state index in [1.165, 1.54) is 29.5 Å². The van der Waals surface area contributed by atoms with Gasteiger partial charge in [0, 0.05) is 47.9 Å². The molecule has 0 radical (unpaired) electrons. The highest BCUT2D eigenvalue weighted by Crippen LogP contribution is 2.48. The van der Waals surface area contributed by atoms with Gasteiger partial charge in [-0.05, 0) is 70.3 Å². The molecule has 5 heterocycles. The van der Waals surface area contributed by atoms with Crippen molar-refractivity contribution in [1.82, 2.24) is 34.5 Å². The third kappa shape index (κ3) is 5.69. The lowest BCUT2D eigenvalue weighted by molar-refractivity contribution is 0.0902. The number of piperidine rings is 1.